The summed E-state index contributed by atoms with van der Waals surface area (Å²) in [5.41, 5.74) is 7.16. The first-order valence-corrected chi connectivity index (χ1v) is 7.39. The maximum Gasteiger partial charge on any atom is 0.272 e. The third-order valence-electron chi connectivity index (χ3n) is 4.75. The van der Waals surface area contributed by atoms with Gasteiger partial charge in [-0.15, -0.1) is 0 Å². The Morgan fingerprint density at radius 2 is 1.90 bits per heavy atom. The lowest BCUT2D eigenvalue weighted by atomic mass is 9.97. The number of hydrogen-bond donors (Lipinski definition) is 1. The van der Waals surface area contributed by atoms with E-state index in [4.69, 9.17) is 5.73 Å². The molecular formula is C15H21N3O2. The molecule has 0 radical (unpaired) electrons. The van der Waals surface area contributed by atoms with Crippen LogP contribution in [0.25, 0.3) is 0 Å². The summed E-state index contributed by atoms with van der Waals surface area (Å²) in [5, 5.41) is 11.0. The number of benzene rings is 1. The molecule has 2 aliphatic heterocycles. The van der Waals surface area contributed by atoms with Crippen LogP contribution in [0, 0.1) is 10.1 Å². The fraction of sp³-hybridized carbons (Fsp3) is 0.600. The van der Waals surface area contributed by atoms with Crippen LogP contribution in [0.5, 0.6) is 0 Å². The molecule has 0 amide bonds. The number of fused-ring (bicyclic) bond motifs is 2. The molecule has 0 spiro atoms. The number of para-hydroxylation sites is 1. The van der Waals surface area contributed by atoms with Crippen LogP contribution in [0.1, 0.15) is 31.2 Å². The van der Waals surface area contributed by atoms with Crippen molar-refractivity contribution >= 4 is 5.69 Å². The number of rotatable bonds is 4. The topological polar surface area (TPSA) is 72.4 Å². The first-order chi connectivity index (χ1) is 9.65. The van der Waals surface area contributed by atoms with Crippen LogP contribution in [0.2, 0.25) is 0 Å². The van der Waals surface area contributed by atoms with Gasteiger partial charge in [0.05, 0.1) is 4.92 Å². The molecule has 2 atom stereocenters. The van der Waals surface area contributed by atoms with Crippen LogP contribution in [0.4, 0.5) is 5.69 Å². The van der Waals surface area contributed by atoms with Crippen molar-refractivity contribution < 1.29 is 4.92 Å². The minimum Gasteiger partial charge on any atom is -0.328 e. The zero-order chi connectivity index (χ0) is 14.1. The second kappa shape index (κ2) is 5.50. The van der Waals surface area contributed by atoms with Gasteiger partial charge in [-0.25, -0.2) is 0 Å². The molecule has 2 N–H and O–H groups in total. The molecule has 108 valence electrons. The number of nitro groups is 1. The van der Waals surface area contributed by atoms with E-state index in [1.54, 1.807) is 12.1 Å². The Labute approximate surface area is 118 Å². The number of nitrogens with two attached hydrogens (primary N) is 1. The second-order valence-electron chi connectivity index (χ2n) is 5.99. The lowest BCUT2D eigenvalue weighted by Gasteiger charge is -2.37. The molecule has 2 bridgehead atoms. The Kier molecular flexibility index (Phi) is 3.72. The average molecular weight is 275 g/mol. The number of piperidine rings is 1. The van der Waals surface area contributed by atoms with Gasteiger partial charge in [-0.3, -0.25) is 15.0 Å². The number of nitrogens with zero attached hydrogens (tertiary/aromatic N) is 2. The van der Waals surface area contributed by atoms with Crippen molar-refractivity contribution in [2.24, 2.45) is 5.73 Å². The van der Waals surface area contributed by atoms with Gasteiger partial charge in [0.1, 0.15) is 0 Å². The maximum atomic E-state index is 11.0. The Balaban J connectivity index is 1.67. The molecular weight excluding hydrogens is 254 g/mol. The zero-order valence-corrected chi connectivity index (χ0v) is 11.6. The minimum atomic E-state index is -0.282. The summed E-state index contributed by atoms with van der Waals surface area (Å²) in [7, 11) is 0. The van der Waals surface area contributed by atoms with E-state index in [1.165, 1.54) is 12.8 Å². The van der Waals surface area contributed by atoms with Crippen molar-refractivity contribution in [2.75, 3.05) is 6.54 Å². The van der Waals surface area contributed by atoms with Crippen molar-refractivity contribution in [1.29, 1.82) is 0 Å². The highest BCUT2D eigenvalue weighted by Gasteiger charge is 2.39. The first kappa shape index (κ1) is 13.5. The fourth-order valence-electron chi connectivity index (χ4n) is 3.83. The standard InChI is InChI=1S/C15H21N3O2/c16-12-9-13-5-6-14(10-12)17(13)8-7-11-3-1-2-4-15(11)18(19)20/h1-4,12-14H,5-10,16H2. The van der Waals surface area contributed by atoms with E-state index in [1.807, 2.05) is 12.1 Å². The van der Waals surface area contributed by atoms with Gasteiger partial charge in [0, 0.05) is 36.3 Å². The molecule has 5 nitrogen and oxygen atoms in total. The van der Waals surface area contributed by atoms with Crippen molar-refractivity contribution in [3.8, 4) is 0 Å². The normalized spacial score (nSPS) is 29.6. The largest absolute Gasteiger partial charge is 0.328 e. The summed E-state index contributed by atoms with van der Waals surface area (Å²) < 4.78 is 0. The molecule has 0 saturated carbocycles. The third-order valence-corrected chi connectivity index (χ3v) is 4.75. The Hall–Kier alpha value is -1.46. The van der Waals surface area contributed by atoms with Crippen LogP contribution < -0.4 is 5.73 Å². The van der Waals surface area contributed by atoms with E-state index in [-0.39, 0.29) is 10.6 Å². The quantitative estimate of drug-likeness (QED) is 0.674. The molecule has 1 aromatic carbocycles. The highest BCUT2D eigenvalue weighted by Crippen LogP contribution is 2.35. The summed E-state index contributed by atoms with van der Waals surface area (Å²) in [5.74, 6) is 0. The van der Waals surface area contributed by atoms with Gasteiger partial charge in [0.2, 0.25) is 0 Å². The van der Waals surface area contributed by atoms with Crippen LogP contribution in [0.15, 0.2) is 24.3 Å². The summed E-state index contributed by atoms with van der Waals surface area (Å²) in [6.07, 6.45) is 5.37. The third kappa shape index (κ3) is 2.55. The van der Waals surface area contributed by atoms with Crippen LogP contribution in [-0.2, 0) is 6.42 Å². The molecule has 0 aromatic heterocycles. The monoisotopic (exact) mass is 275 g/mol. The van der Waals surface area contributed by atoms with Crippen LogP contribution in [-0.4, -0.2) is 34.5 Å². The van der Waals surface area contributed by atoms with Crippen molar-refractivity contribution in [1.82, 2.24) is 4.90 Å². The summed E-state index contributed by atoms with van der Waals surface area (Å²) in [6, 6.07) is 8.59. The van der Waals surface area contributed by atoms with Crippen molar-refractivity contribution in [3.05, 3.63) is 39.9 Å². The van der Waals surface area contributed by atoms with Gasteiger partial charge in [-0.1, -0.05) is 18.2 Å². The van der Waals surface area contributed by atoms with E-state index in [9.17, 15) is 10.1 Å². The number of hydrogen-bond acceptors (Lipinski definition) is 4. The molecule has 2 heterocycles. The Bertz CT molecular complexity index is 492. The van der Waals surface area contributed by atoms with Gasteiger partial charge in [0.25, 0.3) is 5.69 Å². The summed E-state index contributed by atoms with van der Waals surface area (Å²) >= 11 is 0. The summed E-state index contributed by atoms with van der Waals surface area (Å²) in [4.78, 5) is 13.3. The second-order valence-corrected chi connectivity index (χ2v) is 5.99. The molecule has 2 aliphatic rings. The van der Waals surface area contributed by atoms with Gasteiger partial charge >= 0.3 is 0 Å². The average Bonchev–Trinajstić information content (AvgIpc) is 2.67. The van der Waals surface area contributed by atoms with E-state index in [0.717, 1.165) is 31.4 Å². The van der Waals surface area contributed by atoms with Crippen molar-refractivity contribution in [3.63, 3.8) is 0 Å². The predicted molar refractivity (Wildman–Crippen MR) is 77.5 cm³/mol. The predicted octanol–water partition coefficient (Wildman–Crippen LogP) is 2.09. The molecule has 5 heteroatoms. The molecule has 3 rings (SSSR count). The first-order valence-electron chi connectivity index (χ1n) is 7.39. The van der Waals surface area contributed by atoms with Gasteiger partial charge in [-0.2, -0.15) is 0 Å². The molecule has 20 heavy (non-hydrogen) atoms. The Morgan fingerprint density at radius 1 is 1.25 bits per heavy atom. The molecule has 2 saturated heterocycles. The SMILES string of the molecule is NC1CC2CCC(C1)N2CCc1ccccc1[N+](=O)[O-]. The van der Waals surface area contributed by atoms with Gasteiger partial charge in [0.15, 0.2) is 0 Å². The van der Waals surface area contributed by atoms with E-state index < -0.39 is 0 Å². The maximum absolute atomic E-state index is 11.0. The van der Waals surface area contributed by atoms with Crippen molar-refractivity contribution in [2.45, 2.75) is 50.2 Å². The van der Waals surface area contributed by atoms with Gasteiger partial charge < -0.3 is 5.73 Å². The lowest BCUT2D eigenvalue weighted by Crippen LogP contribution is -2.48. The highest BCUT2D eigenvalue weighted by atomic mass is 16.6. The van der Waals surface area contributed by atoms with E-state index in [0.29, 0.717) is 18.1 Å². The van der Waals surface area contributed by atoms with Gasteiger partial charge in [-0.05, 0) is 32.1 Å². The smallest absolute Gasteiger partial charge is 0.272 e. The molecule has 2 fully saturated rings. The van der Waals surface area contributed by atoms with Crippen LogP contribution in [0.3, 0.4) is 0 Å². The Morgan fingerprint density at radius 3 is 2.55 bits per heavy atom. The number of nitro benzene ring substituents is 1. The fourth-order valence-corrected chi connectivity index (χ4v) is 3.83. The van der Waals surface area contributed by atoms with E-state index in [2.05, 4.69) is 4.90 Å². The zero-order valence-electron chi connectivity index (χ0n) is 11.6. The minimum absolute atomic E-state index is 0.244. The van der Waals surface area contributed by atoms with Crippen LogP contribution >= 0.6 is 0 Å². The molecule has 2 unspecified atom stereocenters. The summed E-state index contributed by atoms with van der Waals surface area (Å²) in [6.45, 7) is 0.910. The van der Waals surface area contributed by atoms with E-state index >= 15 is 0 Å². The molecule has 1 aromatic rings. The molecule has 0 aliphatic carbocycles. The highest BCUT2D eigenvalue weighted by molar-refractivity contribution is 5.39. The lowest BCUT2D eigenvalue weighted by molar-refractivity contribution is -0.385.